The second-order valence-electron chi connectivity index (χ2n) is 6.15. The summed E-state index contributed by atoms with van der Waals surface area (Å²) in [5.74, 6) is -2.31. The molecule has 1 atom stereocenters. The minimum absolute atomic E-state index is 0.0753. The van der Waals surface area contributed by atoms with Crippen molar-refractivity contribution in [1.82, 2.24) is 0 Å². The van der Waals surface area contributed by atoms with Gasteiger partial charge in [-0.3, -0.25) is 9.59 Å². The molecule has 2 aromatic carbocycles. The topological polar surface area (TPSA) is 66.8 Å². The van der Waals surface area contributed by atoms with Crippen molar-refractivity contribution in [2.75, 3.05) is 11.4 Å². The van der Waals surface area contributed by atoms with E-state index in [0.717, 1.165) is 0 Å². The largest absolute Gasteiger partial charge is 0.573 e. The molecule has 0 aromatic heterocycles. The summed E-state index contributed by atoms with van der Waals surface area (Å²) in [4.78, 5) is 25.4. The van der Waals surface area contributed by atoms with E-state index in [9.17, 15) is 27.9 Å². The van der Waals surface area contributed by atoms with E-state index in [1.165, 1.54) is 29.2 Å². The van der Waals surface area contributed by atoms with Crippen LogP contribution in [0, 0.1) is 0 Å². The number of para-hydroxylation sites is 1. The van der Waals surface area contributed by atoms with Gasteiger partial charge in [0.25, 0.3) is 0 Å². The predicted octanol–water partition coefficient (Wildman–Crippen LogP) is 3.73. The Hall–Kier alpha value is -3.03. The number of amides is 1. The molecule has 1 heterocycles. The van der Waals surface area contributed by atoms with Gasteiger partial charge < -0.3 is 14.7 Å². The lowest BCUT2D eigenvalue weighted by atomic mass is 10.0. The number of rotatable bonds is 5. The van der Waals surface area contributed by atoms with Crippen molar-refractivity contribution >= 4 is 17.6 Å². The quantitative estimate of drug-likeness (QED) is 0.860. The second kappa shape index (κ2) is 7.30. The molecule has 5 nitrogen and oxygen atoms in total. The van der Waals surface area contributed by atoms with Gasteiger partial charge in [-0.25, -0.2) is 0 Å². The number of carboxylic acid groups (broad SMARTS) is 1. The number of anilines is 1. The maximum Gasteiger partial charge on any atom is 0.573 e. The number of benzene rings is 2. The summed E-state index contributed by atoms with van der Waals surface area (Å²) in [6.45, 7) is 0.0753. The molecule has 2 aromatic rings. The fraction of sp³-hybridized carbons (Fsp3) is 0.263. The average Bonchev–Trinajstić information content (AvgIpc) is 2.99. The number of carbonyl (C=O) groups excluding carboxylic acids is 1. The smallest absolute Gasteiger partial charge is 0.481 e. The third-order valence-corrected chi connectivity index (χ3v) is 4.35. The van der Waals surface area contributed by atoms with E-state index < -0.39 is 18.2 Å². The third-order valence-electron chi connectivity index (χ3n) is 4.35. The molecule has 3 rings (SSSR count). The molecule has 0 saturated heterocycles. The summed E-state index contributed by atoms with van der Waals surface area (Å²) >= 11 is 0. The molecule has 142 valence electrons. The zero-order valence-electron chi connectivity index (χ0n) is 14.1. The van der Waals surface area contributed by atoms with E-state index in [1.54, 1.807) is 24.3 Å². The highest BCUT2D eigenvalue weighted by atomic mass is 19.4. The normalized spacial score (nSPS) is 16.1. The van der Waals surface area contributed by atoms with Crippen molar-refractivity contribution in [3.05, 3.63) is 59.7 Å². The first-order chi connectivity index (χ1) is 12.7. The lowest BCUT2D eigenvalue weighted by Crippen LogP contribution is -2.31. The molecule has 1 unspecified atom stereocenters. The van der Waals surface area contributed by atoms with Crippen molar-refractivity contribution < 1.29 is 32.6 Å². The van der Waals surface area contributed by atoms with Gasteiger partial charge in [-0.2, -0.15) is 0 Å². The first-order valence-corrected chi connectivity index (χ1v) is 8.21. The van der Waals surface area contributed by atoms with Crippen LogP contribution in [0.5, 0.6) is 5.75 Å². The summed E-state index contributed by atoms with van der Waals surface area (Å²) in [5, 5.41) is 9.34. The number of hydrogen-bond acceptors (Lipinski definition) is 3. The summed E-state index contributed by atoms with van der Waals surface area (Å²) in [7, 11) is 0. The Morgan fingerprint density at radius 2 is 1.78 bits per heavy atom. The molecule has 0 saturated carbocycles. The van der Waals surface area contributed by atoms with E-state index >= 15 is 0 Å². The highest BCUT2D eigenvalue weighted by Crippen LogP contribution is 2.36. The Balaban J connectivity index is 1.64. The van der Waals surface area contributed by atoms with Crippen LogP contribution in [0.2, 0.25) is 0 Å². The fourth-order valence-electron chi connectivity index (χ4n) is 3.10. The van der Waals surface area contributed by atoms with Gasteiger partial charge >= 0.3 is 12.3 Å². The summed E-state index contributed by atoms with van der Waals surface area (Å²) in [6, 6.07) is 12.2. The van der Waals surface area contributed by atoms with Crippen LogP contribution >= 0.6 is 0 Å². The van der Waals surface area contributed by atoms with E-state index in [1.807, 2.05) is 0 Å². The van der Waals surface area contributed by atoms with Gasteiger partial charge in [-0.05, 0) is 35.7 Å². The van der Waals surface area contributed by atoms with Gasteiger partial charge in [0.15, 0.2) is 0 Å². The monoisotopic (exact) mass is 379 g/mol. The SMILES string of the molecule is O=C(O)C1CN(C(=O)CCc2ccc(OC(F)(F)F)cc2)c2ccccc21. The average molecular weight is 379 g/mol. The first-order valence-electron chi connectivity index (χ1n) is 8.21. The number of nitrogens with zero attached hydrogens (tertiary/aromatic N) is 1. The molecule has 0 spiro atoms. The number of halogens is 3. The number of fused-ring (bicyclic) bond motifs is 1. The van der Waals surface area contributed by atoms with Gasteiger partial charge in [0.2, 0.25) is 5.91 Å². The zero-order chi connectivity index (χ0) is 19.6. The molecular formula is C19H16F3NO4. The third kappa shape index (κ3) is 4.39. The number of aryl methyl sites for hydroxylation is 1. The standard InChI is InChI=1S/C19H16F3NO4/c20-19(21,22)27-13-8-5-12(6-9-13)7-10-17(24)23-11-15(18(25)26)14-3-1-2-4-16(14)23/h1-6,8-9,15H,7,10-11H2,(H,25,26). The molecule has 0 bridgehead atoms. The van der Waals surface area contributed by atoms with Gasteiger partial charge in [-0.1, -0.05) is 30.3 Å². The molecule has 0 radical (unpaired) electrons. The fourth-order valence-corrected chi connectivity index (χ4v) is 3.10. The number of aliphatic carboxylic acids is 1. The predicted molar refractivity (Wildman–Crippen MR) is 90.6 cm³/mol. The molecule has 27 heavy (non-hydrogen) atoms. The van der Waals surface area contributed by atoms with Gasteiger partial charge in [-0.15, -0.1) is 13.2 Å². The molecule has 1 amide bonds. The van der Waals surface area contributed by atoms with Crippen LogP contribution in [0.25, 0.3) is 0 Å². The molecule has 1 N–H and O–H groups in total. The molecule has 1 aliphatic rings. The Morgan fingerprint density at radius 1 is 1.11 bits per heavy atom. The first kappa shape index (κ1) is 18.8. The van der Waals surface area contributed by atoms with Gasteiger partial charge in [0.05, 0.1) is 0 Å². The van der Waals surface area contributed by atoms with E-state index in [2.05, 4.69) is 4.74 Å². The maximum absolute atomic E-state index is 12.6. The lowest BCUT2D eigenvalue weighted by molar-refractivity contribution is -0.274. The van der Waals surface area contributed by atoms with Crippen LogP contribution in [0.1, 0.15) is 23.5 Å². The number of carbonyl (C=O) groups is 2. The van der Waals surface area contributed by atoms with Crippen LogP contribution in [-0.4, -0.2) is 29.9 Å². The molecule has 8 heteroatoms. The van der Waals surface area contributed by atoms with Gasteiger partial charge in [0, 0.05) is 18.7 Å². The maximum atomic E-state index is 12.6. The molecule has 0 fully saturated rings. The van der Waals surface area contributed by atoms with Crippen LogP contribution in [0.15, 0.2) is 48.5 Å². The van der Waals surface area contributed by atoms with E-state index in [0.29, 0.717) is 23.2 Å². The Bertz CT molecular complexity index is 849. The highest BCUT2D eigenvalue weighted by molar-refractivity contribution is 5.99. The van der Waals surface area contributed by atoms with Crippen molar-refractivity contribution in [2.45, 2.75) is 25.1 Å². The minimum atomic E-state index is -4.75. The summed E-state index contributed by atoms with van der Waals surface area (Å²) in [6.07, 6.45) is -4.32. The van der Waals surface area contributed by atoms with Crippen molar-refractivity contribution in [3.63, 3.8) is 0 Å². The van der Waals surface area contributed by atoms with Crippen molar-refractivity contribution in [1.29, 1.82) is 0 Å². The molecule has 1 aliphatic heterocycles. The molecule has 0 aliphatic carbocycles. The number of ether oxygens (including phenoxy) is 1. The number of alkyl halides is 3. The number of carboxylic acids is 1. The summed E-state index contributed by atoms with van der Waals surface area (Å²) < 4.78 is 40.3. The Morgan fingerprint density at radius 3 is 2.41 bits per heavy atom. The van der Waals surface area contributed by atoms with Gasteiger partial charge in [0.1, 0.15) is 11.7 Å². The summed E-state index contributed by atoms with van der Waals surface area (Å²) in [5.41, 5.74) is 1.87. The zero-order valence-corrected chi connectivity index (χ0v) is 14.1. The van der Waals surface area contributed by atoms with Crippen LogP contribution in [0.4, 0.5) is 18.9 Å². The van der Waals surface area contributed by atoms with Crippen molar-refractivity contribution in [3.8, 4) is 5.75 Å². The number of hydrogen-bond donors (Lipinski definition) is 1. The second-order valence-corrected chi connectivity index (χ2v) is 6.15. The Labute approximate surface area is 153 Å². The minimum Gasteiger partial charge on any atom is -0.481 e. The van der Waals surface area contributed by atoms with Crippen molar-refractivity contribution in [2.24, 2.45) is 0 Å². The van der Waals surface area contributed by atoms with Crippen LogP contribution < -0.4 is 9.64 Å². The lowest BCUT2D eigenvalue weighted by Gasteiger charge is -2.17. The molecular weight excluding hydrogens is 363 g/mol. The van der Waals surface area contributed by atoms with Crippen LogP contribution in [0.3, 0.4) is 0 Å². The van der Waals surface area contributed by atoms with E-state index in [4.69, 9.17) is 0 Å². The van der Waals surface area contributed by atoms with E-state index in [-0.39, 0.29) is 24.6 Å². The highest BCUT2D eigenvalue weighted by Gasteiger charge is 2.36. The Kier molecular flexibility index (Phi) is 5.07. The van der Waals surface area contributed by atoms with Crippen LogP contribution in [-0.2, 0) is 16.0 Å².